The van der Waals surface area contributed by atoms with Crippen molar-refractivity contribution in [2.75, 3.05) is 0 Å². The molecule has 1 aliphatic rings. The lowest BCUT2D eigenvalue weighted by Crippen LogP contribution is -2.05. The number of aryl methyl sites for hydroxylation is 1. The van der Waals surface area contributed by atoms with Crippen LogP contribution in [0.15, 0.2) is 82.7 Å². The van der Waals surface area contributed by atoms with Gasteiger partial charge in [-0.15, -0.1) is 11.8 Å². The molecule has 1 heterocycles. The van der Waals surface area contributed by atoms with E-state index in [9.17, 15) is 0 Å². The molecule has 3 heteroatoms. The highest BCUT2D eigenvalue weighted by molar-refractivity contribution is 7.99. The number of halogens is 1. The molecule has 0 N–H and O–H groups in total. The number of fused-ring (bicyclic) bond motifs is 1. The molecule has 1 atom stereocenters. The van der Waals surface area contributed by atoms with Gasteiger partial charge in [0.2, 0.25) is 0 Å². The van der Waals surface area contributed by atoms with Gasteiger partial charge in [-0.05, 0) is 42.3 Å². The second-order valence-corrected chi connectivity index (χ2v) is 7.94. The molecule has 1 unspecified atom stereocenters. The zero-order valence-electron chi connectivity index (χ0n) is 15.9. The lowest BCUT2D eigenvalue weighted by Gasteiger charge is -2.16. The molecule has 0 amide bonds. The van der Waals surface area contributed by atoms with E-state index in [0.717, 1.165) is 22.8 Å². The first-order valence-electron chi connectivity index (χ1n) is 9.35. The molecule has 0 bridgehead atoms. The summed E-state index contributed by atoms with van der Waals surface area (Å²) in [4.78, 5) is 6.23. The van der Waals surface area contributed by atoms with Crippen LogP contribution in [0.1, 0.15) is 42.2 Å². The minimum absolute atomic E-state index is 0.320. The maximum atomic E-state index is 6.07. The van der Waals surface area contributed by atoms with Gasteiger partial charge >= 0.3 is 0 Å². The van der Waals surface area contributed by atoms with E-state index in [2.05, 4.69) is 67.6 Å². The quantitative estimate of drug-likeness (QED) is 0.429. The van der Waals surface area contributed by atoms with Gasteiger partial charge in [-0.25, -0.2) is 0 Å². The number of benzene rings is 3. The van der Waals surface area contributed by atoms with Gasteiger partial charge in [-0.3, -0.25) is 4.99 Å². The summed E-state index contributed by atoms with van der Waals surface area (Å²) in [7, 11) is 0. The summed E-state index contributed by atoms with van der Waals surface area (Å²) in [6.07, 6.45) is 0.893. The predicted molar refractivity (Wildman–Crippen MR) is 120 cm³/mol. The third-order valence-corrected chi connectivity index (χ3v) is 5.97. The van der Waals surface area contributed by atoms with Crippen LogP contribution in [0.5, 0.6) is 0 Å². The van der Waals surface area contributed by atoms with Gasteiger partial charge in [0, 0.05) is 27.3 Å². The summed E-state index contributed by atoms with van der Waals surface area (Å²) in [5, 5.41) is 1.09. The molecule has 138 valence electrons. The molecule has 0 radical (unpaired) electrons. The van der Waals surface area contributed by atoms with E-state index < -0.39 is 0 Å². The second-order valence-electron chi connectivity index (χ2n) is 6.25. The zero-order chi connectivity index (χ0) is 19.2. The first-order chi connectivity index (χ1) is 13.2. The lowest BCUT2D eigenvalue weighted by molar-refractivity contribution is 1.01. The highest BCUT2D eigenvalue weighted by atomic mass is 35.5. The number of thioether (sulfide) groups is 1. The molecule has 3 aromatic carbocycles. The molecule has 0 fully saturated rings. The molecule has 0 aromatic heterocycles. The molecule has 0 saturated carbocycles. The largest absolute Gasteiger partial charge is 0.252 e. The molecular weight excluding hydrogens is 370 g/mol. The van der Waals surface area contributed by atoms with Gasteiger partial charge in [0.1, 0.15) is 0 Å². The average molecular weight is 394 g/mol. The van der Waals surface area contributed by atoms with Crippen molar-refractivity contribution in [2.45, 2.75) is 37.3 Å². The maximum Gasteiger partial charge on any atom is 0.0769 e. The van der Waals surface area contributed by atoms with Gasteiger partial charge in [0.15, 0.2) is 0 Å². The molecular formula is C24H24ClNS. The monoisotopic (exact) mass is 393 g/mol. The van der Waals surface area contributed by atoms with E-state index in [0.29, 0.717) is 5.25 Å². The minimum Gasteiger partial charge on any atom is -0.252 e. The van der Waals surface area contributed by atoms with Crippen LogP contribution in [0.4, 0.5) is 5.69 Å². The van der Waals surface area contributed by atoms with Crippen molar-refractivity contribution in [2.24, 2.45) is 4.99 Å². The standard InChI is InChI=1S/C22H18ClNS.C2H6/c1-15-6-8-16(9-7-15)20-14-22(17-10-12-18(23)13-11-17)25-21-5-3-2-4-19(21)24-20;1-2/h2-13,22H,14H2,1H3;1-2H3. The van der Waals surface area contributed by atoms with Crippen molar-refractivity contribution in [1.82, 2.24) is 0 Å². The Labute approximate surface area is 171 Å². The lowest BCUT2D eigenvalue weighted by atomic mass is 10.0. The van der Waals surface area contributed by atoms with Crippen LogP contribution in [-0.2, 0) is 0 Å². The Morgan fingerprint density at radius 2 is 1.56 bits per heavy atom. The number of hydrogen-bond donors (Lipinski definition) is 0. The summed E-state index contributed by atoms with van der Waals surface area (Å²) >= 11 is 7.95. The highest BCUT2D eigenvalue weighted by Crippen LogP contribution is 2.45. The third-order valence-electron chi connectivity index (χ3n) is 4.40. The zero-order valence-corrected chi connectivity index (χ0v) is 17.5. The summed E-state index contributed by atoms with van der Waals surface area (Å²) in [5.74, 6) is 0. The maximum absolute atomic E-state index is 6.07. The molecule has 27 heavy (non-hydrogen) atoms. The van der Waals surface area contributed by atoms with Crippen molar-refractivity contribution in [3.05, 3.63) is 94.5 Å². The molecule has 1 nitrogen and oxygen atoms in total. The Kier molecular flexibility index (Phi) is 6.76. The first-order valence-corrected chi connectivity index (χ1v) is 10.6. The second kappa shape index (κ2) is 9.25. The number of hydrogen-bond acceptors (Lipinski definition) is 2. The number of rotatable bonds is 2. The van der Waals surface area contributed by atoms with E-state index >= 15 is 0 Å². The van der Waals surface area contributed by atoms with E-state index in [4.69, 9.17) is 16.6 Å². The van der Waals surface area contributed by atoms with Crippen molar-refractivity contribution in [1.29, 1.82) is 0 Å². The van der Waals surface area contributed by atoms with E-state index in [1.165, 1.54) is 21.6 Å². The average Bonchev–Trinajstić information content (AvgIpc) is 2.90. The molecule has 1 aliphatic heterocycles. The van der Waals surface area contributed by atoms with Crippen molar-refractivity contribution >= 4 is 34.8 Å². The van der Waals surface area contributed by atoms with Gasteiger partial charge in [-0.1, -0.05) is 79.5 Å². The van der Waals surface area contributed by atoms with Crippen molar-refractivity contribution < 1.29 is 0 Å². The fraction of sp³-hybridized carbons (Fsp3) is 0.208. The fourth-order valence-electron chi connectivity index (χ4n) is 3.00. The topological polar surface area (TPSA) is 12.4 Å². The molecule has 0 aliphatic carbocycles. The smallest absolute Gasteiger partial charge is 0.0769 e. The highest BCUT2D eigenvalue weighted by Gasteiger charge is 2.22. The van der Waals surface area contributed by atoms with Crippen LogP contribution in [0.3, 0.4) is 0 Å². The summed E-state index contributed by atoms with van der Waals surface area (Å²) in [5.41, 5.74) is 5.94. The van der Waals surface area contributed by atoms with Crippen LogP contribution < -0.4 is 0 Å². The first kappa shape index (κ1) is 19.7. The van der Waals surface area contributed by atoms with E-state index in [1.807, 2.05) is 37.7 Å². The van der Waals surface area contributed by atoms with E-state index in [-0.39, 0.29) is 0 Å². The Morgan fingerprint density at radius 1 is 0.889 bits per heavy atom. The summed E-state index contributed by atoms with van der Waals surface area (Å²) < 4.78 is 0. The summed E-state index contributed by atoms with van der Waals surface area (Å²) in [6.45, 7) is 6.11. The number of nitrogens with zero attached hydrogens (tertiary/aromatic N) is 1. The number of para-hydroxylation sites is 1. The minimum atomic E-state index is 0.320. The Bertz CT molecular complexity index is 914. The van der Waals surface area contributed by atoms with Gasteiger partial charge in [0.05, 0.1) is 5.69 Å². The van der Waals surface area contributed by atoms with Crippen LogP contribution >= 0.6 is 23.4 Å². The Morgan fingerprint density at radius 3 is 2.26 bits per heavy atom. The van der Waals surface area contributed by atoms with Gasteiger partial charge < -0.3 is 0 Å². The van der Waals surface area contributed by atoms with Crippen LogP contribution in [0, 0.1) is 6.92 Å². The van der Waals surface area contributed by atoms with Gasteiger partial charge in [0.25, 0.3) is 0 Å². The van der Waals surface area contributed by atoms with Gasteiger partial charge in [-0.2, -0.15) is 0 Å². The fourth-order valence-corrected chi connectivity index (χ4v) is 4.36. The Balaban J connectivity index is 0.00000102. The molecule has 0 spiro atoms. The molecule has 0 saturated heterocycles. The normalized spacial score (nSPS) is 15.7. The summed E-state index contributed by atoms with van der Waals surface area (Å²) in [6, 6.07) is 25.2. The Hall–Kier alpha value is -2.03. The van der Waals surface area contributed by atoms with Crippen LogP contribution in [0.2, 0.25) is 5.02 Å². The van der Waals surface area contributed by atoms with Crippen LogP contribution in [0.25, 0.3) is 0 Å². The van der Waals surface area contributed by atoms with Crippen molar-refractivity contribution in [3.63, 3.8) is 0 Å². The van der Waals surface area contributed by atoms with E-state index in [1.54, 1.807) is 0 Å². The molecule has 3 aromatic rings. The SMILES string of the molecule is CC.Cc1ccc(C2=Nc3ccccc3SC(c3ccc(Cl)cc3)C2)cc1. The number of aliphatic imine (C=N–C) groups is 1. The molecule has 4 rings (SSSR count). The van der Waals surface area contributed by atoms with Crippen molar-refractivity contribution in [3.8, 4) is 0 Å². The predicted octanol–water partition coefficient (Wildman–Crippen LogP) is 8.03. The van der Waals surface area contributed by atoms with Crippen LogP contribution in [-0.4, -0.2) is 5.71 Å². The third kappa shape index (κ3) is 4.82.